The van der Waals surface area contributed by atoms with Gasteiger partial charge in [0.2, 0.25) is 0 Å². The summed E-state index contributed by atoms with van der Waals surface area (Å²) in [5.74, 6) is 0.250. The van der Waals surface area contributed by atoms with Crippen LogP contribution in [-0.2, 0) is 10.0 Å². The van der Waals surface area contributed by atoms with Crippen molar-refractivity contribution in [1.29, 1.82) is 0 Å². The van der Waals surface area contributed by atoms with Gasteiger partial charge in [-0.2, -0.15) is 0 Å². The summed E-state index contributed by atoms with van der Waals surface area (Å²) >= 11 is 0. The molecule has 2 aromatic rings. The van der Waals surface area contributed by atoms with Gasteiger partial charge in [-0.25, -0.2) is 8.42 Å². The molecule has 3 N–H and O–H groups in total. The van der Waals surface area contributed by atoms with Gasteiger partial charge < -0.3 is 10.5 Å². The van der Waals surface area contributed by atoms with Gasteiger partial charge in [0, 0.05) is 5.69 Å². The highest BCUT2D eigenvalue weighted by Crippen LogP contribution is 2.28. The van der Waals surface area contributed by atoms with Crippen LogP contribution in [0.1, 0.15) is 5.56 Å². The molecule has 2 rings (SSSR count). The Bertz CT molecular complexity index is 727. The number of rotatable bonds is 4. The highest BCUT2D eigenvalue weighted by molar-refractivity contribution is 7.92. The van der Waals surface area contributed by atoms with Crippen LogP contribution in [0.4, 0.5) is 11.4 Å². The maximum absolute atomic E-state index is 12.4. The molecule has 0 aromatic heterocycles. The summed E-state index contributed by atoms with van der Waals surface area (Å²) in [6.07, 6.45) is 0. The topological polar surface area (TPSA) is 81.4 Å². The lowest BCUT2D eigenvalue weighted by atomic mass is 10.2. The standard InChI is InChI=1S/C14H16N2O3S/c1-10-5-3-4-6-12(10)16-20(17,18)14-9-11(15)7-8-13(14)19-2/h3-9,16H,15H2,1-2H3. The van der Waals surface area contributed by atoms with Crippen molar-refractivity contribution < 1.29 is 13.2 Å². The summed E-state index contributed by atoms with van der Waals surface area (Å²) in [7, 11) is -2.34. The Labute approximate surface area is 118 Å². The lowest BCUT2D eigenvalue weighted by Gasteiger charge is -2.13. The number of methoxy groups -OCH3 is 1. The van der Waals surface area contributed by atoms with Crippen molar-refractivity contribution in [2.45, 2.75) is 11.8 Å². The lowest BCUT2D eigenvalue weighted by molar-refractivity contribution is 0.403. The second kappa shape index (κ2) is 5.42. The number of para-hydroxylation sites is 1. The van der Waals surface area contributed by atoms with Gasteiger partial charge in [0.25, 0.3) is 10.0 Å². The molecule has 0 heterocycles. The molecule has 6 heteroatoms. The van der Waals surface area contributed by atoms with Crippen LogP contribution in [-0.4, -0.2) is 15.5 Å². The number of benzene rings is 2. The van der Waals surface area contributed by atoms with Crippen LogP contribution < -0.4 is 15.2 Å². The lowest BCUT2D eigenvalue weighted by Crippen LogP contribution is -2.15. The van der Waals surface area contributed by atoms with E-state index in [2.05, 4.69) is 4.72 Å². The summed E-state index contributed by atoms with van der Waals surface area (Å²) in [5, 5.41) is 0. The van der Waals surface area contributed by atoms with Gasteiger partial charge in [-0.3, -0.25) is 4.72 Å². The van der Waals surface area contributed by atoms with Gasteiger partial charge in [-0.15, -0.1) is 0 Å². The Morgan fingerprint density at radius 2 is 1.85 bits per heavy atom. The summed E-state index contributed by atoms with van der Waals surface area (Å²) < 4.78 is 32.5. The molecule has 0 bridgehead atoms. The van der Waals surface area contributed by atoms with Crippen LogP contribution in [0.2, 0.25) is 0 Å². The van der Waals surface area contributed by atoms with Gasteiger partial charge in [-0.05, 0) is 36.8 Å². The van der Waals surface area contributed by atoms with Crippen LogP contribution in [0.3, 0.4) is 0 Å². The fourth-order valence-corrected chi connectivity index (χ4v) is 3.13. The highest BCUT2D eigenvalue weighted by atomic mass is 32.2. The van der Waals surface area contributed by atoms with Crippen LogP contribution in [0.25, 0.3) is 0 Å². The van der Waals surface area contributed by atoms with Gasteiger partial charge in [0.1, 0.15) is 10.6 Å². The Hall–Kier alpha value is -2.21. The Balaban J connectivity index is 2.46. The van der Waals surface area contributed by atoms with Crippen molar-refractivity contribution in [3.05, 3.63) is 48.0 Å². The summed E-state index contributed by atoms with van der Waals surface area (Å²) in [5.41, 5.74) is 7.37. The van der Waals surface area contributed by atoms with E-state index in [1.54, 1.807) is 18.2 Å². The number of hydrogen-bond acceptors (Lipinski definition) is 4. The van der Waals surface area contributed by atoms with E-state index in [4.69, 9.17) is 10.5 Å². The Morgan fingerprint density at radius 3 is 2.50 bits per heavy atom. The smallest absolute Gasteiger partial charge is 0.265 e. The number of nitrogens with one attached hydrogen (secondary N) is 1. The molecule has 0 spiro atoms. The average Bonchev–Trinajstić information content (AvgIpc) is 2.41. The van der Waals surface area contributed by atoms with Crippen molar-refractivity contribution >= 4 is 21.4 Å². The molecule has 20 heavy (non-hydrogen) atoms. The summed E-state index contributed by atoms with van der Waals surface area (Å²) in [4.78, 5) is 0.0169. The monoisotopic (exact) mass is 292 g/mol. The molecule has 2 aromatic carbocycles. The van der Waals surface area contributed by atoms with Gasteiger partial charge in [-0.1, -0.05) is 18.2 Å². The summed E-state index contributed by atoms with van der Waals surface area (Å²) in [6, 6.07) is 11.6. The van der Waals surface area contributed by atoms with Gasteiger partial charge >= 0.3 is 0 Å². The van der Waals surface area contributed by atoms with Gasteiger partial charge in [0.05, 0.1) is 12.8 Å². The predicted octanol–water partition coefficient (Wildman–Crippen LogP) is 2.39. The van der Waals surface area contributed by atoms with E-state index in [1.807, 2.05) is 19.1 Å². The minimum atomic E-state index is -3.76. The molecule has 5 nitrogen and oxygen atoms in total. The quantitative estimate of drug-likeness (QED) is 0.848. The zero-order valence-corrected chi connectivity index (χ0v) is 12.1. The third kappa shape index (κ3) is 2.85. The number of nitrogens with two attached hydrogens (primary N) is 1. The molecule has 0 amide bonds. The first kappa shape index (κ1) is 14.2. The molecule has 106 valence electrons. The largest absolute Gasteiger partial charge is 0.495 e. The normalized spacial score (nSPS) is 11.1. The van der Waals surface area contributed by atoms with Crippen LogP contribution >= 0.6 is 0 Å². The molecular formula is C14H16N2O3S. The van der Waals surface area contributed by atoms with E-state index in [1.165, 1.54) is 19.2 Å². The van der Waals surface area contributed by atoms with E-state index < -0.39 is 10.0 Å². The SMILES string of the molecule is COc1ccc(N)cc1S(=O)(=O)Nc1ccccc1C. The minimum Gasteiger partial charge on any atom is -0.495 e. The number of hydrogen-bond donors (Lipinski definition) is 2. The zero-order chi connectivity index (χ0) is 14.8. The molecule has 0 fully saturated rings. The summed E-state index contributed by atoms with van der Waals surface area (Å²) in [6.45, 7) is 1.83. The van der Waals surface area contributed by atoms with Crippen molar-refractivity contribution in [3.63, 3.8) is 0 Å². The van der Waals surface area contributed by atoms with Gasteiger partial charge in [0.15, 0.2) is 0 Å². The molecule has 0 radical (unpaired) electrons. The molecule has 0 atom stereocenters. The Morgan fingerprint density at radius 1 is 1.15 bits per heavy atom. The molecule has 0 aliphatic heterocycles. The molecule has 0 aliphatic carbocycles. The van der Waals surface area contributed by atoms with Crippen molar-refractivity contribution in [2.75, 3.05) is 17.6 Å². The maximum Gasteiger partial charge on any atom is 0.265 e. The molecule has 0 saturated carbocycles. The second-order valence-corrected chi connectivity index (χ2v) is 5.98. The number of ether oxygens (including phenoxy) is 1. The number of anilines is 2. The number of sulfonamides is 1. The van der Waals surface area contributed by atoms with E-state index >= 15 is 0 Å². The first-order valence-electron chi connectivity index (χ1n) is 5.96. The van der Waals surface area contributed by atoms with Crippen molar-refractivity contribution in [3.8, 4) is 5.75 Å². The van der Waals surface area contributed by atoms with Crippen LogP contribution in [0.15, 0.2) is 47.4 Å². The van der Waals surface area contributed by atoms with Crippen molar-refractivity contribution in [1.82, 2.24) is 0 Å². The highest BCUT2D eigenvalue weighted by Gasteiger charge is 2.20. The molecule has 0 unspecified atom stereocenters. The first-order chi connectivity index (χ1) is 9.44. The minimum absolute atomic E-state index is 0.0169. The molecule has 0 aliphatic rings. The maximum atomic E-state index is 12.4. The zero-order valence-electron chi connectivity index (χ0n) is 11.3. The van der Waals surface area contributed by atoms with E-state index in [0.29, 0.717) is 11.4 Å². The third-order valence-corrected chi connectivity index (χ3v) is 4.25. The molecule has 0 saturated heterocycles. The first-order valence-corrected chi connectivity index (χ1v) is 7.44. The Kier molecular flexibility index (Phi) is 3.85. The number of nitrogen functional groups attached to an aromatic ring is 1. The van der Waals surface area contributed by atoms with E-state index in [9.17, 15) is 8.42 Å². The van der Waals surface area contributed by atoms with Crippen molar-refractivity contribution in [2.24, 2.45) is 0 Å². The van der Waals surface area contributed by atoms with E-state index in [0.717, 1.165) is 5.56 Å². The number of aryl methyl sites for hydroxylation is 1. The molecular weight excluding hydrogens is 276 g/mol. The fourth-order valence-electron chi connectivity index (χ4n) is 1.79. The average molecular weight is 292 g/mol. The predicted molar refractivity (Wildman–Crippen MR) is 79.4 cm³/mol. The third-order valence-electron chi connectivity index (χ3n) is 2.87. The second-order valence-electron chi connectivity index (χ2n) is 4.33. The van der Waals surface area contributed by atoms with Crippen LogP contribution in [0.5, 0.6) is 5.75 Å². The van der Waals surface area contributed by atoms with Crippen LogP contribution in [0, 0.1) is 6.92 Å². The van der Waals surface area contributed by atoms with E-state index in [-0.39, 0.29) is 10.6 Å². The fraction of sp³-hybridized carbons (Fsp3) is 0.143.